The zero-order valence-corrected chi connectivity index (χ0v) is 21.7. The molecule has 1 aromatic heterocycles. The maximum atomic E-state index is 5.26. The standard InChI is InChI=1S/C25H21N5O2S3/c1-30-20-6-4-5-7-21(20)33-24(30)28-29-25-34-22(26-16-8-12-18(31-2)13-9-16)23(35-25)27-17-10-14-19(32-3)15-11-17/h4-15H,1-3H3/b26-22?,27-23?,28-24+,29-25?. The minimum absolute atomic E-state index is 0.766. The van der Waals surface area contributed by atoms with Gasteiger partial charge >= 0.3 is 0 Å². The quantitative estimate of drug-likeness (QED) is 0.287. The Morgan fingerprint density at radius 1 is 0.686 bits per heavy atom. The average Bonchev–Trinajstić information content (AvgIpc) is 3.43. The number of para-hydroxylation sites is 1. The van der Waals surface area contributed by atoms with Crippen LogP contribution >= 0.6 is 34.9 Å². The maximum Gasteiger partial charge on any atom is 0.211 e. The molecule has 0 atom stereocenters. The van der Waals surface area contributed by atoms with Crippen molar-refractivity contribution < 1.29 is 9.47 Å². The molecule has 0 amide bonds. The molecule has 7 nitrogen and oxygen atoms in total. The van der Waals surface area contributed by atoms with E-state index >= 15 is 0 Å². The number of hydrogen-bond acceptors (Lipinski definition) is 9. The van der Waals surface area contributed by atoms with Crippen molar-refractivity contribution in [2.75, 3.05) is 14.2 Å². The smallest absolute Gasteiger partial charge is 0.211 e. The van der Waals surface area contributed by atoms with Crippen LogP contribution in [0.15, 0.2) is 93.0 Å². The normalized spacial score (nSPS) is 16.4. The number of aromatic nitrogens is 1. The average molecular weight is 520 g/mol. The zero-order chi connectivity index (χ0) is 24.2. The highest BCUT2D eigenvalue weighted by Crippen LogP contribution is 2.35. The Kier molecular flexibility index (Phi) is 7.03. The van der Waals surface area contributed by atoms with Gasteiger partial charge in [-0.15, -0.1) is 10.2 Å². The molecule has 1 aliphatic heterocycles. The summed E-state index contributed by atoms with van der Waals surface area (Å²) in [7, 11) is 5.29. The van der Waals surface area contributed by atoms with Crippen LogP contribution in [0.5, 0.6) is 11.5 Å². The molecular formula is C25H21N5O2S3. The Morgan fingerprint density at radius 2 is 1.23 bits per heavy atom. The fourth-order valence-electron chi connectivity index (χ4n) is 3.27. The van der Waals surface area contributed by atoms with Gasteiger partial charge in [-0.3, -0.25) is 0 Å². The Bertz CT molecular complexity index is 1450. The molecule has 10 heteroatoms. The zero-order valence-electron chi connectivity index (χ0n) is 19.2. The molecular weight excluding hydrogens is 499 g/mol. The molecule has 0 aliphatic carbocycles. The lowest BCUT2D eigenvalue weighted by Crippen LogP contribution is -2.09. The van der Waals surface area contributed by atoms with Crippen LogP contribution in [0.3, 0.4) is 0 Å². The van der Waals surface area contributed by atoms with Crippen molar-refractivity contribution in [2.45, 2.75) is 0 Å². The van der Waals surface area contributed by atoms with Crippen LogP contribution in [0.25, 0.3) is 10.2 Å². The van der Waals surface area contributed by atoms with E-state index in [4.69, 9.17) is 19.5 Å². The summed E-state index contributed by atoms with van der Waals surface area (Å²) in [6.45, 7) is 0. The van der Waals surface area contributed by atoms with Crippen molar-refractivity contribution in [3.8, 4) is 11.5 Å². The number of fused-ring (bicyclic) bond motifs is 1. The molecule has 0 spiro atoms. The summed E-state index contributed by atoms with van der Waals surface area (Å²) in [5.74, 6) is 1.57. The maximum absolute atomic E-state index is 5.26. The molecule has 5 rings (SSSR count). The molecule has 0 N–H and O–H groups in total. The first-order chi connectivity index (χ1) is 17.1. The Balaban J connectivity index is 1.50. The molecule has 0 bridgehead atoms. The van der Waals surface area contributed by atoms with Crippen LogP contribution in [-0.4, -0.2) is 33.2 Å². The summed E-state index contributed by atoms with van der Waals surface area (Å²) < 4.78 is 14.5. The first-order valence-electron chi connectivity index (χ1n) is 10.6. The van der Waals surface area contributed by atoms with Gasteiger partial charge in [0, 0.05) is 7.05 Å². The number of hydrogen-bond donors (Lipinski definition) is 0. The van der Waals surface area contributed by atoms with E-state index in [2.05, 4.69) is 22.3 Å². The predicted octanol–water partition coefficient (Wildman–Crippen LogP) is 6.37. The first-order valence-corrected chi connectivity index (χ1v) is 13.1. The molecule has 1 aliphatic rings. The fourth-order valence-corrected chi connectivity index (χ4v) is 6.19. The number of aryl methyl sites for hydroxylation is 1. The molecule has 0 saturated carbocycles. The minimum Gasteiger partial charge on any atom is -0.497 e. The van der Waals surface area contributed by atoms with Gasteiger partial charge in [-0.2, -0.15) is 0 Å². The van der Waals surface area contributed by atoms with Gasteiger partial charge in [0.25, 0.3) is 0 Å². The van der Waals surface area contributed by atoms with Crippen LogP contribution < -0.4 is 14.3 Å². The number of thiazole rings is 1. The van der Waals surface area contributed by atoms with E-state index in [0.717, 1.165) is 47.7 Å². The first kappa shape index (κ1) is 23.4. The SMILES string of the molecule is COc1ccc(N=C2SC(=N/N=c3/sc4ccccc4n3C)SC2=Nc2ccc(OC)cc2)cc1. The molecule has 1 fully saturated rings. The number of aliphatic imine (C=N–C) groups is 2. The van der Waals surface area contributed by atoms with E-state index < -0.39 is 0 Å². The minimum atomic E-state index is 0.766. The van der Waals surface area contributed by atoms with Crippen LogP contribution in [0.4, 0.5) is 11.4 Å². The second kappa shape index (κ2) is 10.5. The largest absolute Gasteiger partial charge is 0.497 e. The Hall–Kier alpha value is -3.34. The third kappa shape index (κ3) is 5.34. The van der Waals surface area contributed by atoms with Crippen molar-refractivity contribution in [3.63, 3.8) is 0 Å². The highest BCUT2D eigenvalue weighted by Gasteiger charge is 2.26. The lowest BCUT2D eigenvalue weighted by atomic mass is 10.3. The summed E-state index contributed by atoms with van der Waals surface area (Å²) in [5, 5.41) is 10.6. The molecule has 176 valence electrons. The van der Waals surface area contributed by atoms with Gasteiger partial charge in [0.15, 0.2) is 4.38 Å². The van der Waals surface area contributed by atoms with E-state index in [1.54, 1.807) is 25.6 Å². The van der Waals surface area contributed by atoms with Gasteiger partial charge in [-0.25, -0.2) is 9.98 Å². The van der Waals surface area contributed by atoms with Crippen LogP contribution in [0.2, 0.25) is 0 Å². The number of benzene rings is 3. The molecule has 4 aromatic rings. The molecule has 35 heavy (non-hydrogen) atoms. The van der Waals surface area contributed by atoms with Crippen molar-refractivity contribution in [1.29, 1.82) is 0 Å². The Morgan fingerprint density at radius 3 is 1.74 bits per heavy atom. The number of ether oxygens (including phenoxy) is 2. The summed E-state index contributed by atoms with van der Waals surface area (Å²) >= 11 is 4.53. The lowest BCUT2D eigenvalue weighted by Gasteiger charge is -2.02. The number of thioether (sulfide) groups is 2. The van der Waals surface area contributed by atoms with Crippen LogP contribution in [0, 0.1) is 0 Å². The van der Waals surface area contributed by atoms with E-state index in [1.807, 2.05) is 72.3 Å². The van der Waals surface area contributed by atoms with Gasteiger partial charge in [-0.05, 0) is 84.2 Å². The molecule has 0 unspecified atom stereocenters. The summed E-state index contributed by atoms with van der Waals surface area (Å²) in [6, 6.07) is 23.4. The van der Waals surface area contributed by atoms with E-state index in [1.165, 1.54) is 28.2 Å². The molecule has 3 aromatic carbocycles. The van der Waals surface area contributed by atoms with E-state index in [9.17, 15) is 0 Å². The summed E-state index contributed by atoms with van der Waals surface area (Å²) in [4.78, 5) is 10.5. The van der Waals surface area contributed by atoms with Crippen molar-refractivity contribution in [2.24, 2.45) is 27.2 Å². The third-order valence-corrected chi connectivity index (χ3v) is 8.29. The predicted molar refractivity (Wildman–Crippen MR) is 149 cm³/mol. The third-order valence-electron chi connectivity index (χ3n) is 5.09. The van der Waals surface area contributed by atoms with Gasteiger partial charge < -0.3 is 14.0 Å². The number of rotatable bonds is 5. The lowest BCUT2D eigenvalue weighted by molar-refractivity contribution is 0.415. The second-order valence-electron chi connectivity index (χ2n) is 7.31. The van der Waals surface area contributed by atoms with Crippen molar-refractivity contribution >= 4 is 70.9 Å². The van der Waals surface area contributed by atoms with E-state index in [0.29, 0.717) is 0 Å². The molecule has 1 saturated heterocycles. The van der Waals surface area contributed by atoms with Gasteiger partial charge in [0.1, 0.15) is 21.6 Å². The van der Waals surface area contributed by atoms with Crippen molar-refractivity contribution in [1.82, 2.24) is 4.57 Å². The topological polar surface area (TPSA) is 72.8 Å². The summed E-state index contributed by atoms with van der Waals surface area (Å²) in [6.07, 6.45) is 0. The fraction of sp³-hybridized carbons (Fsp3) is 0.120. The molecule has 0 radical (unpaired) electrons. The van der Waals surface area contributed by atoms with Gasteiger partial charge in [0.05, 0.1) is 35.8 Å². The number of nitrogens with zero attached hydrogens (tertiary/aromatic N) is 5. The summed E-state index contributed by atoms with van der Waals surface area (Å²) in [5.41, 5.74) is 2.75. The van der Waals surface area contributed by atoms with Gasteiger partial charge in [-0.1, -0.05) is 23.5 Å². The number of methoxy groups -OCH3 is 2. The molecule has 2 heterocycles. The highest BCUT2D eigenvalue weighted by molar-refractivity contribution is 8.57. The van der Waals surface area contributed by atoms with E-state index in [-0.39, 0.29) is 0 Å². The van der Waals surface area contributed by atoms with Crippen LogP contribution in [0.1, 0.15) is 0 Å². The highest BCUT2D eigenvalue weighted by atomic mass is 32.2. The van der Waals surface area contributed by atoms with Crippen LogP contribution in [-0.2, 0) is 7.05 Å². The van der Waals surface area contributed by atoms with Crippen molar-refractivity contribution in [3.05, 3.63) is 77.6 Å². The van der Waals surface area contributed by atoms with Gasteiger partial charge in [0.2, 0.25) is 4.80 Å². The Labute approximate surface area is 215 Å². The monoisotopic (exact) mass is 519 g/mol. The second-order valence-corrected chi connectivity index (χ2v) is 10.5.